The highest BCUT2D eigenvalue weighted by atomic mass is 32.1. The summed E-state index contributed by atoms with van der Waals surface area (Å²) in [6.07, 6.45) is 0. The lowest BCUT2D eigenvalue weighted by Gasteiger charge is -2.15. The van der Waals surface area contributed by atoms with Crippen LogP contribution < -0.4 is 10.6 Å². The maximum absolute atomic E-state index is 11.2. The van der Waals surface area contributed by atoms with Crippen molar-refractivity contribution in [1.29, 1.82) is 0 Å². The fraction of sp³-hybridized carbons (Fsp3) is 0.636. The first-order chi connectivity index (χ1) is 8.02. The predicted molar refractivity (Wildman–Crippen MR) is 70.4 cm³/mol. The number of carbonyl (C=O) groups excluding carboxylic acids is 1. The molecule has 0 aliphatic rings. The maximum Gasteiger partial charge on any atom is 0.316 e. The largest absolute Gasteiger partial charge is 0.337 e. The number of nitrogens with zero attached hydrogens (tertiary/aromatic N) is 2. The number of hydrogen-bond donors (Lipinski definition) is 2. The molecule has 0 aromatic carbocycles. The molecule has 1 aromatic heterocycles. The van der Waals surface area contributed by atoms with Gasteiger partial charge in [-0.15, -0.1) is 11.3 Å². The van der Waals surface area contributed by atoms with Crippen LogP contribution in [-0.4, -0.2) is 43.1 Å². The first kappa shape index (κ1) is 13.9. The van der Waals surface area contributed by atoms with Gasteiger partial charge >= 0.3 is 6.03 Å². The number of amides is 2. The highest BCUT2D eigenvalue weighted by Crippen LogP contribution is 2.20. The summed E-state index contributed by atoms with van der Waals surface area (Å²) in [5, 5.41) is 6.17. The number of urea groups is 1. The standard InChI is InChI=1S/C11H20N4OS/c1-8(10-9(2)14-7-17-10)12-5-6-13-11(16)15(3)4/h7-8,12H,5-6H2,1-4H3,(H,13,16). The highest BCUT2D eigenvalue weighted by Gasteiger charge is 2.10. The fourth-order valence-electron chi connectivity index (χ4n) is 1.44. The topological polar surface area (TPSA) is 57.3 Å². The molecule has 1 heterocycles. The maximum atomic E-state index is 11.2. The van der Waals surface area contributed by atoms with E-state index in [1.807, 2.05) is 12.4 Å². The van der Waals surface area contributed by atoms with Crippen LogP contribution in [0.15, 0.2) is 5.51 Å². The van der Waals surface area contributed by atoms with E-state index >= 15 is 0 Å². The van der Waals surface area contributed by atoms with Gasteiger partial charge in [0.15, 0.2) is 0 Å². The van der Waals surface area contributed by atoms with Crippen molar-refractivity contribution in [3.8, 4) is 0 Å². The van der Waals surface area contributed by atoms with Gasteiger partial charge < -0.3 is 15.5 Å². The molecule has 1 unspecified atom stereocenters. The third-order valence-electron chi connectivity index (χ3n) is 2.43. The molecule has 0 saturated carbocycles. The molecule has 1 aromatic rings. The summed E-state index contributed by atoms with van der Waals surface area (Å²) in [5.74, 6) is 0. The molecule has 0 saturated heterocycles. The van der Waals surface area contributed by atoms with Crippen LogP contribution in [0.3, 0.4) is 0 Å². The second kappa shape index (κ2) is 6.56. The molecule has 6 heteroatoms. The number of carbonyl (C=O) groups is 1. The monoisotopic (exact) mass is 256 g/mol. The lowest BCUT2D eigenvalue weighted by atomic mass is 10.2. The van der Waals surface area contributed by atoms with Crippen molar-refractivity contribution in [2.45, 2.75) is 19.9 Å². The van der Waals surface area contributed by atoms with Gasteiger partial charge in [0.05, 0.1) is 11.2 Å². The first-order valence-corrected chi connectivity index (χ1v) is 6.49. The summed E-state index contributed by atoms with van der Waals surface area (Å²) < 4.78 is 0. The highest BCUT2D eigenvalue weighted by molar-refractivity contribution is 7.09. The molecule has 0 bridgehead atoms. The molecule has 0 aliphatic carbocycles. The molecule has 1 rings (SSSR count). The Morgan fingerprint density at radius 3 is 2.76 bits per heavy atom. The molecule has 2 amide bonds. The molecule has 5 nitrogen and oxygen atoms in total. The summed E-state index contributed by atoms with van der Waals surface area (Å²) in [7, 11) is 3.46. The Labute approximate surface area is 106 Å². The number of thiazole rings is 1. The molecular formula is C11H20N4OS. The van der Waals surface area contributed by atoms with E-state index < -0.39 is 0 Å². The van der Waals surface area contributed by atoms with Crippen molar-refractivity contribution >= 4 is 17.4 Å². The minimum atomic E-state index is -0.0616. The summed E-state index contributed by atoms with van der Waals surface area (Å²) in [6, 6.07) is 0.215. The zero-order valence-corrected chi connectivity index (χ0v) is 11.6. The molecule has 17 heavy (non-hydrogen) atoms. The molecule has 96 valence electrons. The summed E-state index contributed by atoms with van der Waals surface area (Å²) in [4.78, 5) is 18.2. The van der Waals surface area contributed by atoms with E-state index in [4.69, 9.17) is 0 Å². The lowest BCUT2D eigenvalue weighted by Crippen LogP contribution is -2.38. The van der Waals surface area contributed by atoms with Crippen molar-refractivity contribution in [1.82, 2.24) is 20.5 Å². The first-order valence-electron chi connectivity index (χ1n) is 5.61. The van der Waals surface area contributed by atoms with E-state index in [1.54, 1.807) is 25.4 Å². The Bertz CT molecular complexity index is 364. The van der Waals surface area contributed by atoms with Gasteiger partial charge in [-0.25, -0.2) is 9.78 Å². The van der Waals surface area contributed by atoms with Crippen molar-refractivity contribution in [3.63, 3.8) is 0 Å². The van der Waals surface area contributed by atoms with Gasteiger partial charge in [0.25, 0.3) is 0 Å². The van der Waals surface area contributed by atoms with E-state index in [2.05, 4.69) is 22.5 Å². The van der Waals surface area contributed by atoms with Gasteiger partial charge in [0.2, 0.25) is 0 Å². The minimum Gasteiger partial charge on any atom is -0.337 e. The van der Waals surface area contributed by atoms with Gasteiger partial charge in [0.1, 0.15) is 0 Å². The number of aromatic nitrogens is 1. The van der Waals surface area contributed by atoms with Gasteiger partial charge in [0, 0.05) is 38.1 Å². The van der Waals surface area contributed by atoms with E-state index in [0.717, 1.165) is 12.2 Å². The quantitative estimate of drug-likeness (QED) is 0.782. The van der Waals surface area contributed by atoms with E-state index in [0.29, 0.717) is 6.54 Å². The second-order valence-corrected chi connectivity index (χ2v) is 4.99. The lowest BCUT2D eigenvalue weighted by molar-refractivity contribution is 0.217. The molecule has 0 spiro atoms. The Morgan fingerprint density at radius 2 is 2.24 bits per heavy atom. The number of aryl methyl sites for hydroxylation is 1. The van der Waals surface area contributed by atoms with Crippen LogP contribution in [0.25, 0.3) is 0 Å². The van der Waals surface area contributed by atoms with Gasteiger partial charge in [-0.1, -0.05) is 0 Å². The average molecular weight is 256 g/mol. The molecule has 0 radical (unpaired) electrons. The second-order valence-electron chi connectivity index (χ2n) is 4.10. The normalized spacial score (nSPS) is 12.2. The third kappa shape index (κ3) is 4.32. The van der Waals surface area contributed by atoms with E-state index in [1.165, 1.54) is 9.78 Å². The van der Waals surface area contributed by atoms with Crippen LogP contribution in [0.1, 0.15) is 23.5 Å². The van der Waals surface area contributed by atoms with Crippen LogP contribution in [0.2, 0.25) is 0 Å². The molecule has 1 atom stereocenters. The Balaban J connectivity index is 2.24. The SMILES string of the molecule is Cc1ncsc1C(C)NCCNC(=O)N(C)C. The molecule has 0 aliphatic heterocycles. The van der Waals surface area contributed by atoms with E-state index in [-0.39, 0.29) is 12.1 Å². The summed E-state index contributed by atoms with van der Waals surface area (Å²) in [5.41, 5.74) is 2.93. The summed E-state index contributed by atoms with van der Waals surface area (Å²) in [6.45, 7) is 5.49. The third-order valence-corrected chi connectivity index (χ3v) is 3.55. The Hall–Kier alpha value is -1.14. The smallest absolute Gasteiger partial charge is 0.316 e. The van der Waals surface area contributed by atoms with E-state index in [9.17, 15) is 4.79 Å². The van der Waals surface area contributed by atoms with Gasteiger partial charge in [-0.05, 0) is 13.8 Å². The van der Waals surface area contributed by atoms with Crippen LogP contribution in [-0.2, 0) is 0 Å². The molecule has 0 fully saturated rings. The number of nitrogens with one attached hydrogen (secondary N) is 2. The number of hydrogen-bond acceptors (Lipinski definition) is 4. The molecular weight excluding hydrogens is 236 g/mol. The zero-order valence-electron chi connectivity index (χ0n) is 10.8. The minimum absolute atomic E-state index is 0.0616. The number of rotatable bonds is 5. The van der Waals surface area contributed by atoms with Crippen LogP contribution >= 0.6 is 11.3 Å². The predicted octanol–water partition coefficient (Wildman–Crippen LogP) is 1.37. The van der Waals surface area contributed by atoms with Crippen molar-refractivity contribution in [2.24, 2.45) is 0 Å². The van der Waals surface area contributed by atoms with Gasteiger partial charge in [-0.2, -0.15) is 0 Å². The van der Waals surface area contributed by atoms with Crippen LogP contribution in [0, 0.1) is 6.92 Å². The van der Waals surface area contributed by atoms with Crippen LogP contribution in [0.5, 0.6) is 0 Å². The van der Waals surface area contributed by atoms with Crippen LogP contribution in [0.4, 0.5) is 4.79 Å². The zero-order chi connectivity index (χ0) is 12.8. The Morgan fingerprint density at radius 1 is 1.53 bits per heavy atom. The fourth-order valence-corrected chi connectivity index (χ4v) is 2.27. The van der Waals surface area contributed by atoms with Gasteiger partial charge in [-0.3, -0.25) is 0 Å². The average Bonchev–Trinajstić information content (AvgIpc) is 2.70. The van der Waals surface area contributed by atoms with Crippen molar-refractivity contribution in [3.05, 3.63) is 16.1 Å². The Kier molecular flexibility index (Phi) is 5.37. The van der Waals surface area contributed by atoms with Crippen molar-refractivity contribution in [2.75, 3.05) is 27.2 Å². The van der Waals surface area contributed by atoms with Crippen molar-refractivity contribution < 1.29 is 4.79 Å². The molecule has 2 N–H and O–H groups in total. The summed E-state index contributed by atoms with van der Waals surface area (Å²) >= 11 is 1.66.